The second-order valence-electron chi connectivity index (χ2n) is 1.12. The Kier molecular flexibility index (Phi) is 3.47. The molecular formula is C5H8OSi. The predicted molar refractivity (Wildman–Crippen MR) is 31.2 cm³/mol. The van der Waals surface area contributed by atoms with Crippen LogP contribution in [-0.4, -0.2) is 9.20 Å². The highest BCUT2D eigenvalue weighted by Gasteiger charge is 1.75. The summed E-state index contributed by atoms with van der Waals surface area (Å²) in [6.45, 7) is 3.79. The highest BCUT2D eigenvalue weighted by atomic mass is 28.2. The molecule has 0 spiro atoms. The molecule has 0 aliphatic carbocycles. The first-order valence-electron chi connectivity index (χ1n) is 2.06. The average molecular weight is 112 g/mol. The van der Waals surface area contributed by atoms with Crippen molar-refractivity contribution in [1.29, 1.82) is 0 Å². The highest BCUT2D eigenvalue weighted by molar-refractivity contribution is 6.12. The fourth-order valence-electron chi connectivity index (χ4n) is 0.152. The number of rotatable bonds is 1. The maximum atomic E-state index is 5.07. The zero-order valence-electron chi connectivity index (χ0n) is 4.56. The van der Waals surface area contributed by atoms with E-state index in [2.05, 4.69) is 0 Å². The van der Waals surface area contributed by atoms with Crippen LogP contribution in [0.1, 0.15) is 13.8 Å². The lowest BCUT2D eigenvalue weighted by atomic mass is 10.5. The standard InChI is InChI=1S/C5H8OSi/c1-4-5(2)6-7-3/h3-4H,1-2H3/b5-4+. The minimum absolute atomic E-state index is 0.0766. The largest absolute Gasteiger partial charge is 0.471 e. The smallest absolute Gasteiger partial charge is 0.245 e. The molecular weight excluding hydrogens is 104 g/mol. The quantitative estimate of drug-likeness (QED) is 0.365. The molecule has 0 unspecified atom stereocenters. The van der Waals surface area contributed by atoms with E-state index in [1.165, 1.54) is 0 Å². The van der Waals surface area contributed by atoms with Gasteiger partial charge in [0.1, 0.15) is 0 Å². The van der Waals surface area contributed by atoms with Crippen molar-refractivity contribution in [1.82, 2.24) is 0 Å². The molecule has 1 nitrogen and oxygen atoms in total. The molecule has 0 bridgehead atoms. The normalized spacial score (nSPS) is 10.1. The molecule has 0 N–H and O–H groups in total. The molecule has 0 saturated carbocycles. The molecule has 38 valence electrons. The van der Waals surface area contributed by atoms with Gasteiger partial charge in [0.2, 0.25) is 9.20 Å². The van der Waals surface area contributed by atoms with Crippen LogP contribution in [0.4, 0.5) is 0 Å². The fourth-order valence-corrected chi connectivity index (χ4v) is 0.456. The monoisotopic (exact) mass is 112 g/mol. The average Bonchev–Trinajstić information content (AvgIpc) is 1.68. The van der Waals surface area contributed by atoms with Crippen LogP contribution < -0.4 is 0 Å². The summed E-state index contributed by atoms with van der Waals surface area (Å²) in [4.78, 5) is 0. The van der Waals surface area contributed by atoms with Crippen molar-refractivity contribution < 1.29 is 4.43 Å². The third-order valence-corrected chi connectivity index (χ3v) is 1.07. The van der Waals surface area contributed by atoms with Gasteiger partial charge in [-0.05, 0) is 13.8 Å². The van der Waals surface area contributed by atoms with E-state index >= 15 is 0 Å². The van der Waals surface area contributed by atoms with Gasteiger partial charge >= 0.3 is 0 Å². The Morgan fingerprint density at radius 3 is 2.57 bits per heavy atom. The van der Waals surface area contributed by atoms with E-state index in [4.69, 9.17) is 10.4 Å². The van der Waals surface area contributed by atoms with E-state index in [9.17, 15) is 0 Å². The third kappa shape index (κ3) is 3.37. The summed E-state index contributed by atoms with van der Waals surface area (Å²) < 4.78 is 4.86. The molecule has 0 fully saturated rings. The van der Waals surface area contributed by atoms with Gasteiger partial charge in [0.05, 0.1) is 5.76 Å². The molecule has 0 aromatic carbocycles. The first kappa shape index (κ1) is 6.54. The van der Waals surface area contributed by atoms with Crippen molar-refractivity contribution >= 4 is 9.20 Å². The van der Waals surface area contributed by atoms with E-state index in [1.807, 2.05) is 19.9 Å². The van der Waals surface area contributed by atoms with Gasteiger partial charge in [-0.3, -0.25) is 0 Å². The topological polar surface area (TPSA) is 9.23 Å². The van der Waals surface area contributed by atoms with Gasteiger partial charge in [-0.25, -0.2) is 0 Å². The van der Waals surface area contributed by atoms with Crippen molar-refractivity contribution in [2.24, 2.45) is 0 Å². The van der Waals surface area contributed by atoms with E-state index in [1.54, 1.807) is 0 Å². The molecule has 0 rings (SSSR count). The maximum Gasteiger partial charge on any atom is 0.245 e. The molecule has 0 saturated heterocycles. The zero-order valence-corrected chi connectivity index (χ0v) is 5.56. The third-order valence-electron chi connectivity index (χ3n) is 0.626. The zero-order chi connectivity index (χ0) is 5.70. The number of hydrogen-bond acceptors (Lipinski definition) is 1. The molecule has 7 heavy (non-hydrogen) atoms. The van der Waals surface area contributed by atoms with Gasteiger partial charge < -0.3 is 4.43 Å². The Bertz CT molecular complexity index is 110. The summed E-state index contributed by atoms with van der Waals surface area (Å²) in [5.41, 5.74) is 0. The summed E-state index contributed by atoms with van der Waals surface area (Å²) in [7, 11) is 0.0766. The first-order chi connectivity index (χ1) is 3.31. The lowest BCUT2D eigenvalue weighted by molar-refractivity contribution is 0.469. The number of allylic oxidation sites excluding steroid dienone is 2. The molecule has 0 amide bonds. The molecule has 0 atom stereocenters. The van der Waals surface area contributed by atoms with Crippen molar-refractivity contribution in [2.75, 3.05) is 0 Å². The van der Waals surface area contributed by atoms with Gasteiger partial charge in [0, 0.05) is 0 Å². The highest BCUT2D eigenvalue weighted by Crippen LogP contribution is 1.87. The predicted octanol–water partition coefficient (Wildman–Crippen LogP) is 1.13. The van der Waals surface area contributed by atoms with Crippen molar-refractivity contribution in [3.63, 3.8) is 0 Å². The molecule has 2 heteroatoms. The van der Waals surface area contributed by atoms with E-state index in [0.717, 1.165) is 5.76 Å². The fraction of sp³-hybridized carbons (Fsp3) is 0.400. The van der Waals surface area contributed by atoms with Gasteiger partial charge in [0.15, 0.2) is 0 Å². The van der Waals surface area contributed by atoms with E-state index in [0.29, 0.717) is 0 Å². The Hall–Kier alpha value is -0.463. The van der Waals surface area contributed by atoms with E-state index in [-0.39, 0.29) is 9.20 Å². The molecule has 0 aromatic heterocycles. The van der Waals surface area contributed by atoms with Crippen LogP contribution in [0.2, 0.25) is 0 Å². The van der Waals surface area contributed by atoms with Crippen LogP contribution >= 0.6 is 0 Å². The summed E-state index contributed by atoms with van der Waals surface area (Å²) >= 11 is 0. The summed E-state index contributed by atoms with van der Waals surface area (Å²) in [5.74, 6) is 0.890. The SMILES string of the molecule is C#[Si]O/C(C)=C/C. The second-order valence-corrected chi connectivity index (χ2v) is 1.56. The Morgan fingerprint density at radius 2 is 2.43 bits per heavy atom. The summed E-state index contributed by atoms with van der Waals surface area (Å²) in [6, 6.07) is 5.07. The molecule has 0 aliphatic rings. The Morgan fingerprint density at radius 1 is 1.86 bits per heavy atom. The van der Waals surface area contributed by atoms with E-state index < -0.39 is 0 Å². The van der Waals surface area contributed by atoms with Crippen LogP contribution in [0.5, 0.6) is 0 Å². The Balaban J connectivity index is 3.43. The lowest BCUT2D eigenvalue weighted by Crippen LogP contribution is -1.80. The molecule has 0 aliphatic heterocycles. The Labute approximate surface area is 46.2 Å². The molecule has 0 radical (unpaired) electrons. The lowest BCUT2D eigenvalue weighted by Gasteiger charge is -1.90. The minimum atomic E-state index is 0.0766. The first-order valence-corrected chi connectivity index (χ1v) is 3.05. The van der Waals surface area contributed by atoms with Gasteiger partial charge in [-0.1, -0.05) is 6.08 Å². The van der Waals surface area contributed by atoms with Crippen molar-refractivity contribution in [3.8, 4) is 6.00 Å². The summed E-state index contributed by atoms with van der Waals surface area (Å²) in [5, 5.41) is 0. The van der Waals surface area contributed by atoms with Crippen LogP contribution in [0, 0.1) is 6.00 Å². The van der Waals surface area contributed by atoms with Crippen LogP contribution in [0.25, 0.3) is 0 Å². The van der Waals surface area contributed by atoms with Gasteiger partial charge in [0.25, 0.3) is 0 Å². The van der Waals surface area contributed by atoms with Crippen LogP contribution in [0.3, 0.4) is 0 Å². The van der Waals surface area contributed by atoms with Crippen LogP contribution in [0.15, 0.2) is 11.8 Å². The van der Waals surface area contributed by atoms with Gasteiger partial charge in [-0.2, -0.15) is 0 Å². The second kappa shape index (κ2) is 3.72. The van der Waals surface area contributed by atoms with Crippen LogP contribution in [-0.2, 0) is 4.43 Å². The maximum absolute atomic E-state index is 5.07. The van der Waals surface area contributed by atoms with Gasteiger partial charge in [-0.15, -0.1) is 6.00 Å². The number of hydrogen-bond donors (Lipinski definition) is 0. The minimum Gasteiger partial charge on any atom is -0.471 e. The summed E-state index contributed by atoms with van der Waals surface area (Å²) in [6.07, 6.45) is 1.87. The molecule has 0 aromatic rings. The van der Waals surface area contributed by atoms with Crippen molar-refractivity contribution in [2.45, 2.75) is 13.8 Å². The molecule has 0 heterocycles. The van der Waals surface area contributed by atoms with Crippen molar-refractivity contribution in [3.05, 3.63) is 11.8 Å².